The Morgan fingerprint density at radius 3 is 2.38 bits per heavy atom. The predicted molar refractivity (Wildman–Crippen MR) is 118 cm³/mol. The van der Waals surface area contributed by atoms with Crippen molar-refractivity contribution in [1.82, 2.24) is 5.32 Å². The van der Waals surface area contributed by atoms with Gasteiger partial charge in [0.2, 0.25) is 15.9 Å². The molecule has 5 nitrogen and oxygen atoms in total. The fraction of sp³-hybridized carbons (Fsp3) is 0.435. The first-order valence-corrected chi connectivity index (χ1v) is 11.9. The van der Waals surface area contributed by atoms with Gasteiger partial charge in [0.15, 0.2) is 0 Å². The lowest BCUT2D eigenvalue weighted by molar-refractivity contribution is -0.120. The number of aryl methyl sites for hydroxylation is 1. The molecule has 1 atom stereocenters. The molecular formula is C23H30N2O3S. The first-order chi connectivity index (χ1) is 13.6. The Morgan fingerprint density at radius 1 is 1.10 bits per heavy atom. The third-order valence-electron chi connectivity index (χ3n) is 5.41. The summed E-state index contributed by atoms with van der Waals surface area (Å²) in [6, 6.07) is 15.4. The minimum Gasteiger partial charge on any atom is -0.348 e. The van der Waals surface area contributed by atoms with Crippen molar-refractivity contribution in [3.8, 4) is 0 Å². The Bertz CT molecular complexity index is 976. The Morgan fingerprint density at radius 2 is 1.76 bits per heavy atom. The zero-order chi connectivity index (χ0) is 21.2. The van der Waals surface area contributed by atoms with Crippen LogP contribution in [0.3, 0.4) is 0 Å². The van der Waals surface area contributed by atoms with E-state index in [1.54, 1.807) is 12.1 Å². The number of nitrogens with one attached hydrogen (secondary N) is 1. The second kappa shape index (κ2) is 8.19. The maximum Gasteiger partial charge on any atom is 0.241 e. The molecule has 0 radical (unpaired) electrons. The summed E-state index contributed by atoms with van der Waals surface area (Å²) in [5.41, 5.74) is 3.96. The van der Waals surface area contributed by atoms with Crippen LogP contribution in [0.25, 0.3) is 0 Å². The number of hydrogen-bond acceptors (Lipinski definition) is 3. The summed E-state index contributed by atoms with van der Waals surface area (Å²) in [5.74, 6) is -0.294. The summed E-state index contributed by atoms with van der Waals surface area (Å²) in [6.07, 6.45) is 4.01. The Hall–Kier alpha value is -2.34. The number of carbonyl (C=O) groups excluding carboxylic acids is 1. The van der Waals surface area contributed by atoms with Gasteiger partial charge in [-0.3, -0.25) is 9.10 Å². The van der Waals surface area contributed by atoms with E-state index in [4.69, 9.17) is 0 Å². The van der Waals surface area contributed by atoms with E-state index in [0.717, 1.165) is 36.6 Å². The molecule has 1 N–H and O–H groups in total. The molecule has 0 saturated heterocycles. The quantitative estimate of drug-likeness (QED) is 0.806. The summed E-state index contributed by atoms with van der Waals surface area (Å²) in [6.45, 7) is 6.08. The number of fused-ring (bicyclic) bond motifs is 1. The van der Waals surface area contributed by atoms with Gasteiger partial charge in [0.25, 0.3) is 0 Å². The van der Waals surface area contributed by atoms with Crippen molar-refractivity contribution in [3.63, 3.8) is 0 Å². The van der Waals surface area contributed by atoms with Gasteiger partial charge in [-0.25, -0.2) is 8.42 Å². The van der Waals surface area contributed by atoms with Crippen LogP contribution in [0.5, 0.6) is 0 Å². The SMILES string of the molecule is CC(C)(C)c1ccc(N(CC(=O)NC2CCCc3ccccc32)S(C)(=O)=O)cc1. The number of rotatable bonds is 5. The first kappa shape index (κ1) is 21.4. The van der Waals surface area contributed by atoms with Crippen LogP contribution in [0, 0.1) is 0 Å². The normalized spacial score (nSPS) is 16.8. The average molecular weight is 415 g/mol. The number of amides is 1. The topological polar surface area (TPSA) is 66.5 Å². The lowest BCUT2D eigenvalue weighted by Crippen LogP contribution is -2.42. The van der Waals surface area contributed by atoms with Crippen LogP contribution in [0.2, 0.25) is 0 Å². The number of hydrogen-bond donors (Lipinski definition) is 1. The lowest BCUT2D eigenvalue weighted by atomic mass is 9.87. The maximum absolute atomic E-state index is 12.8. The molecule has 0 heterocycles. The minimum atomic E-state index is -3.59. The third-order valence-corrected chi connectivity index (χ3v) is 6.55. The molecule has 29 heavy (non-hydrogen) atoms. The molecule has 0 aromatic heterocycles. The van der Waals surface area contributed by atoms with Crippen molar-refractivity contribution in [2.45, 2.75) is 51.5 Å². The fourth-order valence-electron chi connectivity index (χ4n) is 3.80. The highest BCUT2D eigenvalue weighted by Crippen LogP contribution is 2.30. The molecule has 1 amide bonds. The zero-order valence-electron chi connectivity index (χ0n) is 17.6. The van der Waals surface area contributed by atoms with Crippen LogP contribution in [-0.4, -0.2) is 27.1 Å². The van der Waals surface area contributed by atoms with Gasteiger partial charge < -0.3 is 5.32 Å². The molecule has 0 aliphatic heterocycles. The van der Waals surface area contributed by atoms with Crippen molar-refractivity contribution in [2.24, 2.45) is 0 Å². The molecule has 0 spiro atoms. The summed E-state index contributed by atoms with van der Waals surface area (Å²) < 4.78 is 25.9. The van der Waals surface area contributed by atoms with Crippen molar-refractivity contribution in [2.75, 3.05) is 17.1 Å². The number of nitrogens with zero attached hydrogens (tertiary/aromatic N) is 1. The van der Waals surface area contributed by atoms with Crippen LogP contribution in [0.4, 0.5) is 5.69 Å². The van der Waals surface area contributed by atoms with E-state index in [2.05, 4.69) is 32.2 Å². The molecule has 0 fully saturated rings. The molecule has 0 saturated carbocycles. The van der Waals surface area contributed by atoms with Gasteiger partial charge in [0, 0.05) is 0 Å². The molecule has 0 bridgehead atoms. The number of sulfonamides is 1. The van der Waals surface area contributed by atoms with E-state index < -0.39 is 10.0 Å². The molecule has 1 aliphatic carbocycles. The third kappa shape index (κ3) is 5.18. The van der Waals surface area contributed by atoms with Crippen molar-refractivity contribution in [1.29, 1.82) is 0 Å². The van der Waals surface area contributed by atoms with E-state index in [1.165, 1.54) is 9.87 Å². The largest absolute Gasteiger partial charge is 0.348 e. The predicted octanol–water partition coefficient (Wildman–Crippen LogP) is 3.94. The van der Waals surface area contributed by atoms with Gasteiger partial charge in [-0.15, -0.1) is 0 Å². The van der Waals surface area contributed by atoms with Gasteiger partial charge in [-0.2, -0.15) is 0 Å². The molecule has 1 unspecified atom stereocenters. The van der Waals surface area contributed by atoms with E-state index in [1.807, 2.05) is 30.3 Å². The van der Waals surface area contributed by atoms with Crippen molar-refractivity contribution >= 4 is 21.6 Å². The average Bonchev–Trinajstić information content (AvgIpc) is 2.65. The van der Waals surface area contributed by atoms with Gasteiger partial charge in [-0.05, 0) is 53.5 Å². The van der Waals surface area contributed by atoms with Crippen LogP contribution < -0.4 is 9.62 Å². The highest BCUT2D eigenvalue weighted by atomic mass is 32.2. The molecule has 6 heteroatoms. The fourth-order valence-corrected chi connectivity index (χ4v) is 4.66. The van der Waals surface area contributed by atoms with E-state index in [-0.39, 0.29) is 23.9 Å². The monoisotopic (exact) mass is 414 g/mol. The lowest BCUT2D eigenvalue weighted by Gasteiger charge is -2.28. The zero-order valence-corrected chi connectivity index (χ0v) is 18.4. The number of anilines is 1. The van der Waals surface area contributed by atoms with Gasteiger partial charge in [-0.1, -0.05) is 57.2 Å². The molecule has 1 aliphatic rings. The second-order valence-corrected chi connectivity index (χ2v) is 10.7. The Labute approximate surface area is 174 Å². The van der Waals surface area contributed by atoms with Gasteiger partial charge >= 0.3 is 0 Å². The molecule has 2 aromatic carbocycles. The highest BCUT2D eigenvalue weighted by molar-refractivity contribution is 7.92. The van der Waals surface area contributed by atoms with Gasteiger partial charge in [0.1, 0.15) is 6.54 Å². The summed E-state index contributed by atoms with van der Waals surface area (Å²) in [7, 11) is -3.59. The molecular weight excluding hydrogens is 384 g/mol. The smallest absolute Gasteiger partial charge is 0.241 e. The van der Waals surface area contributed by atoms with Crippen LogP contribution in [-0.2, 0) is 26.7 Å². The molecule has 156 valence electrons. The minimum absolute atomic E-state index is 0.0276. The highest BCUT2D eigenvalue weighted by Gasteiger charge is 2.25. The second-order valence-electron chi connectivity index (χ2n) is 8.78. The first-order valence-electron chi connectivity index (χ1n) is 10.0. The summed E-state index contributed by atoms with van der Waals surface area (Å²) in [4.78, 5) is 12.8. The van der Waals surface area contributed by atoms with E-state index in [9.17, 15) is 13.2 Å². The van der Waals surface area contributed by atoms with Crippen molar-refractivity contribution < 1.29 is 13.2 Å². The standard InChI is InChI=1S/C23H30N2O3S/c1-23(2,3)18-12-14-19(15-13-18)25(29(4,27)28)16-22(26)24-21-11-7-9-17-8-5-6-10-20(17)21/h5-6,8,10,12-15,21H,7,9,11,16H2,1-4H3,(H,24,26). The van der Waals surface area contributed by atoms with Crippen LogP contribution in [0.15, 0.2) is 48.5 Å². The van der Waals surface area contributed by atoms with Crippen molar-refractivity contribution in [3.05, 3.63) is 65.2 Å². The Balaban J connectivity index is 1.77. The Kier molecular flexibility index (Phi) is 6.03. The van der Waals surface area contributed by atoms with E-state index >= 15 is 0 Å². The summed E-state index contributed by atoms with van der Waals surface area (Å²) in [5, 5.41) is 3.04. The summed E-state index contributed by atoms with van der Waals surface area (Å²) >= 11 is 0. The van der Waals surface area contributed by atoms with Crippen LogP contribution in [0.1, 0.15) is 56.3 Å². The number of carbonyl (C=O) groups is 1. The number of benzene rings is 2. The maximum atomic E-state index is 12.8. The molecule has 3 rings (SSSR count). The van der Waals surface area contributed by atoms with Gasteiger partial charge in [0.05, 0.1) is 18.0 Å². The van der Waals surface area contributed by atoms with Crippen LogP contribution >= 0.6 is 0 Å². The van der Waals surface area contributed by atoms with E-state index in [0.29, 0.717) is 5.69 Å². The molecule has 2 aromatic rings.